The number of aromatic nitrogens is 1. The molecule has 1 aromatic heterocycles. The first-order chi connectivity index (χ1) is 11.1. The van der Waals surface area contributed by atoms with Gasteiger partial charge in [-0.25, -0.2) is 0 Å². The van der Waals surface area contributed by atoms with Crippen LogP contribution >= 0.6 is 0 Å². The van der Waals surface area contributed by atoms with E-state index >= 15 is 0 Å². The number of aliphatic hydroxyl groups is 2. The molecule has 0 fully saturated rings. The summed E-state index contributed by atoms with van der Waals surface area (Å²) in [6, 6.07) is 11.1. The van der Waals surface area contributed by atoms with Crippen LogP contribution in [0, 0.1) is 0 Å². The van der Waals surface area contributed by atoms with Crippen molar-refractivity contribution < 1.29 is 15.3 Å². The van der Waals surface area contributed by atoms with Crippen molar-refractivity contribution in [2.24, 2.45) is 0 Å². The van der Waals surface area contributed by atoms with E-state index in [-0.39, 0.29) is 19.0 Å². The normalized spacial score (nSPS) is 11.1. The highest BCUT2D eigenvalue weighted by atomic mass is 16.3. The Morgan fingerprint density at radius 3 is 2.30 bits per heavy atom. The summed E-state index contributed by atoms with van der Waals surface area (Å²) in [5, 5.41) is 27.9. The van der Waals surface area contributed by atoms with Gasteiger partial charge in [0.05, 0.1) is 19.4 Å². The number of aromatic hydroxyl groups is 1. The Hall–Kier alpha value is -2.15. The maximum Gasteiger partial charge on any atom is 0.223 e. The quantitative estimate of drug-likeness (QED) is 0.655. The van der Waals surface area contributed by atoms with Crippen LogP contribution in [-0.2, 0) is 13.1 Å². The van der Waals surface area contributed by atoms with Gasteiger partial charge in [-0.3, -0.25) is 9.69 Å². The zero-order valence-electron chi connectivity index (χ0n) is 12.9. The smallest absolute Gasteiger partial charge is 0.223 e. The summed E-state index contributed by atoms with van der Waals surface area (Å²) in [5.41, 5.74) is 1.34. The molecule has 0 bridgehead atoms. The van der Waals surface area contributed by atoms with Gasteiger partial charge in [0.1, 0.15) is 0 Å². The van der Waals surface area contributed by atoms with E-state index in [4.69, 9.17) is 10.2 Å². The molecule has 0 saturated carbocycles. The molecule has 0 atom stereocenters. The summed E-state index contributed by atoms with van der Waals surface area (Å²) in [4.78, 5) is 13.6. The number of benzene rings is 1. The molecule has 1 aromatic carbocycles. The van der Waals surface area contributed by atoms with Crippen molar-refractivity contribution in [2.75, 3.05) is 26.3 Å². The van der Waals surface area contributed by atoms with Gasteiger partial charge in [0, 0.05) is 37.9 Å². The van der Waals surface area contributed by atoms with Gasteiger partial charge in [0.2, 0.25) is 5.43 Å². The fourth-order valence-electron chi connectivity index (χ4n) is 2.45. The Morgan fingerprint density at radius 1 is 1.04 bits per heavy atom. The van der Waals surface area contributed by atoms with Gasteiger partial charge in [-0.15, -0.1) is 0 Å². The Morgan fingerprint density at radius 2 is 1.70 bits per heavy atom. The van der Waals surface area contributed by atoms with Crippen molar-refractivity contribution in [3.63, 3.8) is 0 Å². The SMILES string of the molecule is O=c1cc(CN(CCO)CCO)n(Cc2ccccc2)cc1O. The molecule has 2 rings (SSSR count). The van der Waals surface area contributed by atoms with Crippen LogP contribution in [0.1, 0.15) is 11.3 Å². The molecule has 6 nitrogen and oxygen atoms in total. The first-order valence-electron chi connectivity index (χ1n) is 7.54. The summed E-state index contributed by atoms with van der Waals surface area (Å²) >= 11 is 0. The molecule has 2 aromatic rings. The van der Waals surface area contributed by atoms with Crippen LogP contribution in [0.15, 0.2) is 47.4 Å². The summed E-state index contributed by atoms with van der Waals surface area (Å²) in [6.07, 6.45) is 1.43. The molecule has 3 N–H and O–H groups in total. The third kappa shape index (κ3) is 4.92. The molecule has 0 aliphatic heterocycles. The summed E-state index contributed by atoms with van der Waals surface area (Å²) < 4.78 is 1.81. The number of hydrogen-bond donors (Lipinski definition) is 3. The molecule has 0 unspecified atom stereocenters. The molecule has 0 saturated heterocycles. The minimum Gasteiger partial charge on any atom is -0.503 e. The van der Waals surface area contributed by atoms with Crippen LogP contribution < -0.4 is 5.43 Å². The highest BCUT2D eigenvalue weighted by molar-refractivity contribution is 5.23. The highest BCUT2D eigenvalue weighted by Crippen LogP contribution is 2.11. The van der Waals surface area contributed by atoms with Crippen molar-refractivity contribution in [3.8, 4) is 5.75 Å². The predicted molar refractivity (Wildman–Crippen MR) is 87.4 cm³/mol. The van der Waals surface area contributed by atoms with Crippen LogP contribution in [0.3, 0.4) is 0 Å². The Bertz CT molecular complexity index is 664. The number of hydrogen-bond acceptors (Lipinski definition) is 5. The molecule has 0 amide bonds. The summed E-state index contributed by atoms with van der Waals surface area (Å²) in [5.74, 6) is -0.291. The second-order valence-electron chi connectivity index (χ2n) is 5.35. The predicted octanol–water partition coefficient (Wildman–Crippen LogP) is 0.389. The lowest BCUT2D eigenvalue weighted by molar-refractivity contribution is 0.153. The monoisotopic (exact) mass is 318 g/mol. The van der Waals surface area contributed by atoms with Crippen molar-refractivity contribution in [2.45, 2.75) is 13.1 Å². The number of nitrogens with zero attached hydrogens (tertiary/aromatic N) is 2. The van der Waals surface area contributed by atoms with Crippen LogP contribution in [0.2, 0.25) is 0 Å². The van der Waals surface area contributed by atoms with E-state index < -0.39 is 5.43 Å². The zero-order valence-corrected chi connectivity index (χ0v) is 12.9. The van der Waals surface area contributed by atoms with Crippen molar-refractivity contribution in [1.82, 2.24) is 9.47 Å². The summed E-state index contributed by atoms with van der Waals surface area (Å²) in [6.45, 7) is 1.68. The number of aliphatic hydroxyl groups excluding tert-OH is 2. The van der Waals surface area contributed by atoms with Crippen LogP contribution in [0.5, 0.6) is 5.75 Å². The van der Waals surface area contributed by atoms with Gasteiger partial charge >= 0.3 is 0 Å². The lowest BCUT2D eigenvalue weighted by Gasteiger charge is -2.23. The van der Waals surface area contributed by atoms with E-state index in [1.54, 1.807) is 0 Å². The lowest BCUT2D eigenvalue weighted by Crippen LogP contribution is -2.31. The largest absolute Gasteiger partial charge is 0.503 e. The highest BCUT2D eigenvalue weighted by Gasteiger charge is 2.11. The van der Waals surface area contributed by atoms with E-state index in [2.05, 4.69) is 0 Å². The summed E-state index contributed by atoms with van der Waals surface area (Å²) in [7, 11) is 0. The van der Waals surface area contributed by atoms with E-state index in [1.807, 2.05) is 39.8 Å². The number of pyridine rings is 1. The van der Waals surface area contributed by atoms with Gasteiger partial charge in [-0.05, 0) is 5.56 Å². The van der Waals surface area contributed by atoms with Crippen molar-refractivity contribution in [1.29, 1.82) is 0 Å². The Labute approximate surface area is 134 Å². The minimum atomic E-state index is -0.433. The third-order valence-corrected chi connectivity index (χ3v) is 3.61. The second-order valence-corrected chi connectivity index (χ2v) is 5.35. The van der Waals surface area contributed by atoms with Gasteiger partial charge in [-0.1, -0.05) is 30.3 Å². The second kappa shape index (κ2) is 8.47. The van der Waals surface area contributed by atoms with Crippen LogP contribution in [0.4, 0.5) is 0 Å². The maximum atomic E-state index is 11.8. The number of rotatable bonds is 8. The molecular weight excluding hydrogens is 296 g/mol. The third-order valence-electron chi connectivity index (χ3n) is 3.61. The lowest BCUT2D eigenvalue weighted by atomic mass is 10.2. The first kappa shape index (κ1) is 17.2. The van der Waals surface area contributed by atoms with E-state index in [0.29, 0.717) is 26.2 Å². The minimum absolute atomic E-state index is 0.0268. The van der Waals surface area contributed by atoms with E-state index in [1.165, 1.54) is 12.3 Å². The Kier molecular flexibility index (Phi) is 6.34. The van der Waals surface area contributed by atoms with Gasteiger partial charge in [0.15, 0.2) is 5.75 Å². The molecular formula is C17H22N2O4. The average molecular weight is 318 g/mol. The fraction of sp³-hybridized carbons (Fsp3) is 0.353. The van der Waals surface area contributed by atoms with E-state index in [0.717, 1.165) is 11.3 Å². The van der Waals surface area contributed by atoms with Gasteiger partial charge in [-0.2, -0.15) is 0 Å². The average Bonchev–Trinajstić information content (AvgIpc) is 2.53. The molecule has 1 heterocycles. The molecule has 0 aliphatic carbocycles. The molecule has 6 heteroatoms. The Balaban J connectivity index is 2.29. The fourth-order valence-corrected chi connectivity index (χ4v) is 2.45. The molecule has 0 spiro atoms. The standard InChI is InChI=1S/C17H22N2O4/c20-8-6-18(7-9-21)12-15-10-16(22)17(23)13-19(15)11-14-4-2-1-3-5-14/h1-5,10,13,20-21,23H,6-9,11-12H2. The van der Waals surface area contributed by atoms with E-state index in [9.17, 15) is 9.90 Å². The maximum absolute atomic E-state index is 11.8. The molecule has 0 aliphatic rings. The van der Waals surface area contributed by atoms with Gasteiger partial charge in [0.25, 0.3) is 0 Å². The topological polar surface area (TPSA) is 85.9 Å². The first-order valence-corrected chi connectivity index (χ1v) is 7.54. The van der Waals surface area contributed by atoms with Crippen LogP contribution in [0.25, 0.3) is 0 Å². The van der Waals surface area contributed by atoms with Crippen molar-refractivity contribution in [3.05, 3.63) is 64.1 Å². The van der Waals surface area contributed by atoms with Crippen molar-refractivity contribution >= 4 is 0 Å². The molecule has 0 radical (unpaired) electrons. The molecule has 23 heavy (non-hydrogen) atoms. The van der Waals surface area contributed by atoms with Gasteiger partial charge < -0.3 is 19.9 Å². The van der Waals surface area contributed by atoms with Crippen LogP contribution in [-0.4, -0.2) is 51.1 Å². The zero-order chi connectivity index (χ0) is 16.7. The molecule has 124 valence electrons.